The number of tetrazole rings is 1. The van der Waals surface area contributed by atoms with Gasteiger partial charge in [0.2, 0.25) is 0 Å². The summed E-state index contributed by atoms with van der Waals surface area (Å²) in [5.41, 5.74) is 0.388. The summed E-state index contributed by atoms with van der Waals surface area (Å²) < 4.78 is 12.9. The van der Waals surface area contributed by atoms with E-state index < -0.39 is 11.5 Å². The fourth-order valence-corrected chi connectivity index (χ4v) is 4.02. The number of hydrogen-bond acceptors (Lipinski definition) is 7. The Hall–Kier alpha value is -2.71. The topological polar surface area (TPSA) is 103 Å². The normalized spacial score (nSPS) is 21.4. The first-order valence-electron chi connectivity index (χ1n) is 10.6. The summed E-state index contributed by atoms with van der Waals surface area (Å²) >= 11 is 0. The number of aromatic nitrogens is 4. The van der Waals surface area contributed by atoms with Crippen LogP contribution in [0.1, 0.15) is 45.5 Å². The number of ether oxygens (including phenoxy) is 2. The number of aryl methyl sites for hydroxylation is 1. The molecule has 1 aliphatic carbocycles. The Kier molecular flexibility index (Phi) is 7.12. The summed E-state index contributed by atoms with van der Waals surface area (Å²) in [5.74, 6) is 1.12. The van der Waals surface area contributed by atoms with E-state index in [4.69, 9.17) is 9.47 Å². The smallest absolute Gasteiger partial charge is 0.164 e. The molecule has 0 aliphatic heterocycles. The van der Waals surface area contributed by atoms with Gasteiger partial charge in [0.05, 0.1) is 24.7 Å². The highest BCUT2D eigenvalue weighted by Gasteiger charge is 2.47. The maximum atomic E-state index is 11.1. The highest BCUT2D eigenvalue weighted by molar-refractivity contribution is 5.82. The lowest BCUT2D eigenvalue weighted by atomic mass is 9.67. The maximum absolute atomic E-state index is 11.1. The lowest BCUT2D eigenvalue weighted by Crippen LogP contribution is -2.46. The largest absolute Gasteiger partial charge is 0.508 e. The van der Waals surface area contributed by atoms with Gasteiger partial charge in [-0.05, 0) is 48.8 Å². The highest BCUT2D eigenvalue weighted by atomic mass is 16.5. The third-order valence-electron chi connectivity index (χ3n) is 5.70. The van der Waals surface area contributed by atoms with E-state index in [-0.39, 0.29) is 17.8 Å². The Labute approximate surface area is 183 Å². The van der Waals surface area contributed by atoms with E-state index in [0.29, 0.717) is 30.3 Å². The van der Waals surface area contributed by atoms with Gasteiger partial charge >= 0.3 is 0 Å². The van der Waals surface area contributed by atoms with Crippen LogP contribution in [0.15, 0.2) is 42.2 Å². The minimum atomic E-state index is -0.998. The summed E-state index contributed by atoms with van der Waals surface area (Å²) in [5, 5.41) is 34.2. The van der Waals surface area contributed by atoms with Crippen LogP contribution in [0.25, 0.3) is 5.57 Å². The van der Waals surface area contributed by atoms with Crippen LogP contribution in [0, 0.1) is 5.92 Å². The molecule has 2 atom stereocenters. The number of para-hydroxylation sites is 1. The molecule has 1 aromatic carbocycles. The Morgan fingerprint density at radius 2 is 1.94 bits per heavy atom. The van der Waals surface area contributed by atoms with E-state index in [1.807, 2.05) is 58.0 Å². The molecule has 2 N–H and O–H groups in total. The second-order valence-electron chi connectivity index (χ2n) is 8.34. The van der Waals surface area contributed by atoms with Crippen LogP contribution in [0.3, 0.4) is 0 Å². The fourth-order valence-electron chi connectivity index (χ4n) is 4.02. The van der Waals surface area contributed by atoms with E-state index in [9.17, 15) is 10.2 Å². The lowest BCUT2D eigenvalue weighted by molar-refractivity contribution is 0.0727. The van der Waals surface area contributed by atoms with Gasteiger partial charge in [-0.2, -0.15) is 0 Å². The third kappa shape index (κ3) is 4.50. The van der Waals surface area contributed by atoms with Crippen LogP contribution in [-0.4, -0.2) is 56.3 Å². The number of hydrogen-bond donors (Lipinski definition) is 2. The molecule has 1 aliphatic rings. The van der Waals surface area contributed by atoms with Crippen LogP contribution in [0.4, 0.5) is 0 Å². The fraction of sp³-hybridized carbons (Fsp3) is 0.522. The van der Waals surface area contributed by atoms with Crippen molar-refractivity contribution in [1.29, 1.82) is 0 Å². The van der Waals surface area contributed by atoms with E-state index in [0.717, 1.165) is 12.0 Å². The second-order valence-corrected chi connectivity index (χ2v) is 8.34. The predicted molar refractivity (Wildman–Crippen MR) is 118 cm³/mol. The summed E-state index contributed by atoms with van der Waals surface area (Å²) in [6, 6.07) is 7.47. The molecule has 0 saturated carbocycles. The number of aliphatic hydroxyl groups is 2. The van der Waals surface area contributed by atoms with Gasteiger partial charge in [-0.1, -0.05) is 38.1 Å². The Morgan fingerprint density at radius 3 is 2.61 bits per heavy atom. The first-order valence-corrected chi connectivity index (χ1v) is 10.6. The Balaban J connectivity index is 2.05. The molecule has 8 heteroatoms. The van der Waals surface area contributed by atoms with Crippen molar-refractivity contribution < 1.29 is 19.7 Å². The Morgan fingerprint density at radius 1 is 1.19 bits per heavy atom. The monoisotopic (exact) mass is 428 g/mol. The van der Waals surface area contributed by atoms with Gasteiger partial charge < -0.3 is 19.7 Å². The molecule has 2 aromatic rings. The van der Waals surface area contributed by atoms with Crippen LogP contribution < -0.4 is 4.74 Å². The zero-order chi connectivity index (χ0) is 22.6. The standard InChI is InChI=1S/C23H32N4O4/c1-15(2)23(22-24-25-26-27(22)11-8-12-31-16(3)4)14-18(19(28)13-21(23)29)17-9-6-7-10-20(17)30-5/h6-7,9-10,13-16,21,28-29H,8,11-12H2,1-5H3. The highest BCUT2D eigenvalue weighted by Crippen LogP contribution is 2.45. The summed E-state index contributed by atoms with van der Waals surface area (Å²) in [6.45, 7) is 9.17. The molecule has 1 heterocycles. The molecule has 0 spiro atoms. The predicted octanol–water partition coefficient (Wildman–Crippen LogP) is 3.29. The Bertz CT molecular complexity index is 951. The number of allylic oxidation sites excluding steroid dienone is 1. The van der Waals surface area contributed by atoms with Crippen molar-refractivity contribution in [2.45, 2.75) is 58.3 Å². The number of rotatable bonds is 9. The molecule has 3 rings (SSSR count). The number of benzene rings is 1. The average Bonchev–Trinajstić information content (AvgIpc) is 3.20. The molecular weight excluding hydrogens is 396 g/mol. The van der Waals surface area contributed by atoms with Gasteiger partial charge in [0, 0.05) is 24.3 Å². The van der Waals surface area contributed by atoms with Crippen molar-refractivity contribution in [3.63, 3.8) is 0 Å². The molecule has 2 unspecified atom stereocenters. The van der Waals surface area contributed by atoms with Crippen molar-refractivity contribution in [3.05, 3.63) is 53.6 Å². The van der Waals surface area contributed by atoms with E-state index in [1.54, 1.807) is 11.8 Å². The number of methoxy groups -OCH3 is 1. The van der Waals surface area contributed by atoms with E-state index >= 15 is 0 Å². The van der Waals surface area contributed by atoms with E-state index in [2.05, 4.69) is 15.5 Å². The van der Waals surface area contributed by atoms with E-state index in [1.165, 1.54) is 6.08 Å². The summed E-state index contributed by atoms with van der Waals surface area (Å²) in [7, 11) is 1.59. The molecule has 0 bridgehead atoms. The molecule has 8 nitrogen and oxygen atoms in total. The molecule has 0 amide bonds. The lowest BCUT2D eigenvalue weighted by Gasteiger charge is -2.39. The number of aliphatic hydroxyl groups excluding tert-OH is 2. The van der Waals surface area contributed by atoms with Crippen molar-refractivity contribution in [2.75, 3.05) is 13.7 Å². The number of nitrogens with zero attached hydrogens (tertiary/aromatic N) is 4. The molecule has 0 saturated heterocycles. The SMILES string of the molecule is COc1ccccc1C1=CC(c2nnnn2CCCOC(C)C)(C(C)C)C(O)C=C1O. The van der Waals surface area contributed by atoms with Crippen LogP contribution in [0.5, 0.6) is 5.75 Å². The molecule has 0 fully saturated rings. The van der Waals surface area contributed by atoms with Gasteiger partial charge in [0.1, 0.15) is 11.5 Å². The van der Waals surface area contributed by atoms with Crippen molar-refractivity contribution in [1.82, 2.24) is 20.2 Å². The zero-order valence-corrected chi connectivity index (χ0v) is 18.8. The van der Waals surface area contributed by atoms with Crippen LogP contribution >= 0.6 is 0 Å². The van der Waals surface area contributed by atoms with Crippen molar-refractivity contribution in [2.24, 2.45) is 5.92 Å². The molecule has 31 heavy (non-hydrogen) atoms. The maximum Gasteiger partial charge on any atom is 0.164 e. The first kappa shape index (κ1) is 23.0. The van der Waals surface area contributed by atoms with Crippen molar-refractivity contribution >= 4 is 5.57 Å². The van der Waals surface area contributed by atoms with Gasteiger partial charge in [-0.25, -0.2) is 4.68 Å². The van der Waals surface area contributed by atoms with Gasteiger partial charge in [0.25, 0.3) is 0 Å². The van der Waals surface area contributed by atoms with Gasteiger partial charge in [-0.3, -0.25) is 0 Å². The van der Waals surface area contributed by atoms with Crippen LogP contribution in [0.2, 0.25) is 0 Å². The minimum Gasteiger partial charge on any atom is -0.508 e. The third-order valence-corrected chi connectivity index (χ3v) is 5.70. The second kappa shape index (κ2) is 9.62. The van der Waals surface area contributed by atoms with Gasteiger partial charge in [-0.15, -0.1) is 5.10 Å². The first-order chi connectivity index (χ1) is 14.8. The summed E-state index contributed by atoms with van der Waals surface area (Å²) in [4.78, 5) is 0. The molecule has 168 valence electrons. The molecule has 0 radical (unpaired) electrons. The summed E-state index contributed by atoms with van der Waals surface area (Å²) in [6.07, 6.45) is 3.24. The van der Waals surface area contributed by atoms with Gasteiger partial charge in [0.15, 0.2) is 5.82 Å². The molecule has 1 aromatic heterocycles. The average molecular weight is 429 g/mol. The zero-order valence-electron chi connectivity index (χ0n) is 18.8. The minimum absolute atomic E-state index is 0.00219. The van der Waals surface area contributed by atoms with Crippen LogP contribution in [-0.2, 0) is 16.7 Å². The quantitative estimate of drug-likeness (QED) is 0.591. The van der Waals surface area contributed by atoms with Crippen molar-refractivity contribution in [3.8, 4) is 5.75 Å². The molecular formula is C23H32N4O4.